The minimum atomic E-state index is -0.398. The summed E-state index contributed by atoms with van der Waals surface area (Å²) in [7, 11) is 0. The van der Waals surface area contributed by atoms with Crippen molar-refractivity contribution in [2.75, 3.05) is 19.8 Å². The van der Waals surface area contributed by atoms with Gasteiger partial charge in [-0.05, 0) is 24.6 Å². The van der Waals surface area contributed by atoms with Crippen LogP contribution in [-0.4, -0.2) is 31.0 Å². The Labute approximate surface area is 197 Å². The molecule has 0 aliphatic heterocycles. The summed E-state index contributed by atoms with van der Waals surface area (Å²) in [6, 6.07) is 9.07. The summed E-state index contributed by atoms with van der Waals surface area (Å²) < 4.78 is 11.4. The molecular formula is C28H47NO3. The highest BCUT2D eigenvalue weighted by Gasteiger charge is 2.10. The highest BCUT2D eigenvalue weighted by Crippen LogP contribution is 2.15. The predicted octanol–water partition coefficient (Wildman–Crippen LogP) is 7.58. The van der Waals surface area contributed by atoms with Crippen LogP contribution in [0.4, 0.5) is 0 Å². The summed E-state index contributed by atoms with van der Waals surface area (Å²) in [4.78, 5) is 0. The number of rotatable bonds is 22. The SMILES string of the molecule is CCCCCCCCCCCCCCCCCCOCC(CO)Oc1cccc(C#N)c1. The Morgan fingerprint density at radius 2 is 1.34 bits per heavy atom. The molecule has 0 heterocycles. The van der Waals surface area contributed by atoms with Gasteiger partial charge in [-0.15, -0.1) is 0 Å². The molecule has 0 aliphatic carbocycles. The lowest BCUT2D eigenvalue weighted by Gasteiger charge is -2.17. The van der Waals surface area contributed by atoms with Gasteiger partial charge in [0.1, 0.15) is 11.9 Å². The molecular weight excluding hydrogens is 398 g/mol. The smallest absolute Gasteiger partial charge is 0.145 e. The van der Waals surface area contributed by atoms with E-state index in [4.69, 9.17) is 14.7 Å². The Morgan fingerprint density at radius 3 is 1.84 bits per heavy atom. The number of benzene rings is 1. The summed E-state index contributed by atoms with van der Waals surface area (Å²) in [5, 5.41) is 18.4. The zero-order valence-electron chi connectivity index (χ0n) is 20.5. The van der Waals surface area contributed by atoms with Crippen molar-refractivity contribution in [2.24, 2.45) is 0 Å². The van der Waals surface area contributed by atoms with Crippen LogP contribution >= 0.6 is 0 Å². The molecule has 1 rings (SSSR count). The van der Waals surface area contributed by atoms with E-state index in [-0.39, 0.29) is 6.61 Å². The Balaban J connectivity index is 1.86. The number of unbranched alkanes of at least 4 members (excludes halogenated alkanes) is 15. The van der Waals surface area contributed by atoms with E-state index in [9.17, 15) is 5.11 Å². The molecule has 0 amide bonds. The van der Waals surface area contributed by atoms with E-state index in [2.05, 4.69) is 13.0 Å². The molecule has 0 bridgehead atoms. The number of nitrogens with zero attached hydrogens (tertiary/aromatic N) is 1. The van der Waals surface area contributed by atoms with E-state index in [0.717, 1.165) is 6.42 Å². The lowest BCUT2D eigenvalue weighted by molar-refractivity contribution is 0.0188. The fraction of sp³-hybridized carbons (Fsp3) is 0.750. The first-order chi connectivity index (χ1) is 15.8. The van der Waals surface area contributed by atoms with E-state index in [1.54, 1.807) is 24.3 Å². The van der Waals surface area contributed by atoms with E-state index in [0.29, 0.717) is 24.5 Å². The van der Waals surface area contributed by atoms with Gasteiger partial charge in [-0.25, -0.2) is 0 Å². The van der Waals surface area contributed by atoms with Crippen molar-refractivity contribution in [1.82, 2.24) is 0 Å². The van der Waals surface area contributed by atoms with Crippen LogP contribution in [0.25, 0.3) is 0 Å². The first-order valence-corrected chi connectivity index (χ1v) is 13.2. The van der Waals surface area contributed by atoms with Crippen molar-refractivity contribution in [1.29, 1.82) is 5.26 Å². The highest BCUT2D eigenvalue weighted by atomic mass is 16.5. The molecule has 0 aromatic heterocycles. The van der Waals surface area contributed by atoms with Gasteiger partial charge in [0.25, 0.3) is 0 Å². The minimum absolute atomic E-state index is 0.101. The average Bonchev–Trinajstić information content (AvgIpc) is 2.82. The van der Waals surface area contributed by atoms with Crippen LogP contribution < -0.4 is 4.74 Å². The molecule has 0 saturated carbocycles. The second kappa shape index (κ2) is 21.3. The van der Waals surface area contributed by atoms with Crippen molar-refractivity contribution in [3.63, 3.8) is 0 Å². The third-order valence-corrected chi connectivity index (χ3v) is 5.92. The normalized spacial score (nSPS) is 11.9. The van der Waals surface area contributed by atoms with Gasteiger partial charge in [0.05, 0.1) is 24.8 Å². The molecule has 0 fully saturated rings. The van der Waals surface area contributed by atoms with Gasteiger partial charge in [0.2, 0.25) is 0 Å². The van der Waals surface area contributed by atoms with Crippen LogP contribution in [0.2, 0.25) is 0 Å². The molecule has 1 aromatic rings. The van der Waals surface area contributed by atoms with Crippen molar-refractivity contribution in [3.05, 3.63) is 29.8 Å². The standard InChI is InChI=1S/C28H47NO3/c1-2-3-4-5-6-7-8-9-10-11-12-13-14-15-16-17-21-31-25-28(24-30)32-27-20-18-19-26(22-27)23-29/h18-20,22,28,30H,2-17,21,24-25H2,1H3. The average molecular weight is 446 g/mol. The van der Waals surface area contributed by atoms with Crippen LogP contribution in [0.15, 0.2) is 24.3 Å². The molecule has 1 aromatic carbocycles. The van der Waals surface area contributed by atoms with E-state index in [1.165, 1.54) is 96.3 Å². The molecule has 0 saturated heterocycles. The zero-order valence-corrected chi connectivity index (χ0v) is 20.5. The van der Waals surface area contributed by atoms with Gasteiger partial charge in [0.15, 0.2) is 0 Å². The first-order valence-electron chi connectivity index (χ1n) is 13.2. The van der Waals surface area contributed by atoms with E-state index >= 15 is 0 Å². The zero-order chi connectivity index (χ0) is 23.1. The maximum Gasteiger partial charge on any atom is 0.145 e. The van der Waals surface area contributed by atoms with E-state index in [1.807, 2.05) is 0 Å². The summed E-state index contributed by atoms with van der Waals surface area (Å²) in [6.07, 6.45) is 21.4. The van der Waals surface area contributed by atoms with Gasteiger partial charge in [-0.1, -0.05) is 109 Å². The topological polar surface area (TPSA) is 62.5 Å². The monoisotopic (exact) mass is 445 g/mol. The summed E-state index contributed by atoms with van der Waals surface area (Å²) in [6.45, 7) is 3.25. The van der Waals surface area contributed by atoms with Crippen LogP contribution in [0, 0.1) is 11.3 Å². The second-order valence-corrected chi connectivity index (χ2v) is 8.94. The molecule has 0 aliphatic rings. The molecule has 4 heteroatoms. The Hall–Kier alpha value is -1.57. The number of aliphatic hydroxyl groups is 1. The number of hydrogen-bond acceptors (Lipinski definition) is 4. The Morgan fingerprint density at radius 1 is 0.812 bits per heavy atom. The fourth-order valence-corrected chi connectivity index (χ4v) is 3.92. The minimum Gasteiger partial charge on any atom is -0.486 e. The summed E-state index contributed by atoms with van der Waals surface area (Å²) in [5.74, 6) is 0.592. The molecule has 0 radical (unpaired) electrons. The van der Waals surface area contributed by atoms with Crippen LogP contribution in [0.5, 0.6) is 5.75 Å². The second-order valence-electron chi connectivity index (χ2n) is 8.94. The number of nitriles is 1. The largest absolute Gasteiger partial charge is 0.486 e. The quantitative estimate of drug-likeness (QED) is 0.187. The maximum absolute atomic E-state index is 9.49. The first kappa shape index (κ1) is 28.5. The molecule has 1 unspecified atom stereocenters. The maximum atomic E-state index is 9.49. The number of ether oxygens (including phenoxy) is 2. The molecule has 182 valence electrons. The van der Waals surface area contributed by atoms with Gasteiger partial charge in [0, 0.05) is 6.61 Å². The third kappa shape index (κ3) is 16.1. The Bertz CT molecular complexity index is 584. The van der Waals surface area contributed by atoms with E-state index < -0.39 is 6.10 Å². The van der Waals surface area contributed by atoms with Crippen LogP contribution in [0.1, 0.15) is 115 Å². The summed E-state index contributed by atoms with van der Waals surface area (Å²) >= 11 is 0. The lowest BCUT2D eigenvalue weighted by atomic mass is 10.0. The van der Waals surface area contributed by atoms with Gasteiger partial charge in [-0.2, -0.15) is 5.26 Å². The highest BCUT2D eigenvalue weighted by molar-refractivity contribution is 5.36. The summed E-state index contributed by atoms with van der Waals surface area (Å²) in [5.41, 5.74) is 0.549. The molecule has 0 spiro atoms. The number of aliphatic hydroxyl groups excluding tert-OH is 1. The molecule has 32 heavy (non-hydrogen) atoms. The molecule has 1 atom stereocenters. The van der Waals surface area contributed by atoms with Gasteiger partial charge >= 0.3 is 0 Å². The number of hydrogen-bond donors (Lipinski definition) is 1. The van der Waals surface area contributed by atoms with Gasteiger partial charge in [-0.3, -0.25) is 0 Å². The third-order valence-electron chi connectivity index (χ3n) is 5.92. The molecule has 1 N–H and O–H groups in total. The Kier molecular flexibility index (Phi) is 18.9. The van der Waals surface area contributed by atoms with Crippen LogP contribution in [-0.2, 0) is 4.74 Å². The van der Waals surface area contributed by atoms with Crippen molar-refractivity contribution < 1.29 is 14.6 Å². The molecule has 4 nitrogen and oxygen atoms in total. The van der Waals surface area contributed by atoms with Crippen molar-refractivity contribution >= 4 is 0 Å². The van der Waals surface area contributed by atoms with Crippen molar-refractivity contribution in [2.45, 2.75) is 116 Å². The lowest BCUT2D eigenvalue weighted by Crippen LogP contribution is -2.27. The predicted molar refractivity (Wildman–Crippen MR) is 133 cm³/mol. The van der Waals surface area contributed by atoms with Crippen LogP contribution in [0.3, 0.4) is 0 Å². The van der Waals surface area contributed by atoms with Gasteiger partial charge < -0.3 is 14.6 Å². The van der Waals surface area contributed by atoms with Crippen molar-refractivity contribution in [3.8, 4) is 11.8 Å². The fourth-order valence-electron chi connectivity index (χ4n) is 3.92.